The highest BCUT2D eigenvalue weighted by molar-refractivity contribution is 5.94. The monoisotopic (exact) mass is 389 g/mol. The van der Waals surface area contributed by atoms with Gasteiger partial charge in [-0.1, -0.05) is 0 Å². The lowest BCUT2D eigenvalue weighted by Crippen LogP contribution is -2.34. The predicted octanol–water partition coefficient (Wildman–Crippen LogP) is 3.22. The number of halogens is 2. The Morgan fingerprint density at radius 2 is 1.86 bits per heavy atom. The molecule has 1 heterocycles. The maximum Gasteiger partial charge on any atom is 0.251 e. The molecule has 1 aliphatic rings. The van der Waals surface area contributed by atoms with Gasteiger partial charge in [-0.3, -0.25) is 4.79 Å². The van der Waals surface area contributed by atoms with Gasteiger partial charge in [0.05, 0.1) is 0 Å². The Morgan fingerprint density at radius 3 is 2.54 bits per heavy atom. The van der Waals surface area contributed by atoms with Crippen LogP contribution in [0.15, 0.2) is 30.6 Å². The van der Waals surface area contributed by atoms with Gasteiger partial charge in [-0.2, -0.15) is 0 Å². The zero-order chi connectivity index (χ0) is 20.1. The number of hydrogen-bond donors (Lipinski definition) is 2. The van der Waals surface area contributed by atoms with Gasteiger partial charge in [-0.25, -0.2) is 18.7 Å². The summed E-state index contributed by atoms with van der Waals surface area (Å²) in [4.78, 5) is 22.5. The van der Waals surface area contributed by atoms with E-state index in [1.54, 1.807) is 6.33 Å². The second-order valence-corrected chi connectivity index (χ2v) is 7.36. The molecule has 1 aromatic heterocycles. The van der Waals surface area contributed by atoms with E-state index in [2.05, 4.69) is 20.6 Å². The normalized spacial score (nSPS) is 19.1. The summed E-state index contributed by atoms with van der Waals surface area (Å²) in [5.41, 5.74) is 0.134. The molecule has 0 unspecified atom stereocenters. The van der Waals surface area contributed by atoms with E-state index < -0.39 is 11.6 Å². The molecule has 28 heavy (non-hydrogen) atoms. The van der Waals surface area contributed by atoms with Gasteiger partial charge in [0.15, 0.2) is 11.6 Å². The third-order valence-corrected chi connectivity index (χ3v) is 5.04. The molecule has 2 N–H and O–H groups in total. The Kier molecular flexibility index (Phi) is 6.38. The van der Waals surface area contributed by atoms with E-state index in [1.165, 1.54) is 6.07 Å². The number of aromatic nitrogens is 2. The lowest BCUT2D eigenvalue weighted by molar-refractivity contribution is 0.0942. The van der Waals surface area contributed by atoms with Gasteiger partial charge in [0, 0.05) is 38.3 Å². The summed E-state index contributed by atoms with van der Waals surface area (Å²) >= 11 is 0. The quantitative estimate of drug-likeness (QED) is 0.794. The summed E-state index contributed by atoms with van der Waals surface area (Å²) in [6.45, 7) is 0.531. The minimum Gasteiger partial charge on any atom is -0.367 e. The third-order valence-electron chi connectivity index (χ3n) is 5.04. The topological polar surface area (TPSA) is 70.2 Å². The highest BCUT2D eigenvalue weighted by atomic mass is 19.2. The first-order valence-electron chi connectivity index (χ1n) is 9.41. The van der Waals surface area contributed by atoms with Crippen LogP contribution in [0.2, 0.25) is 0 Å². The van der Waals surface area contributed by atoms with E-state index in [-0.39, 0.29) is 11.5 Å². The maximum absolute atomic E-state index is 13.3. The fourth-order valence-corrected chi connectivity index (χ4v) is 3.37. The molecule has 1 aliphatic carbocycles. The number of rotatable bonds is 6. The molecule has 1 fully saturated rings. The van der Waals surface area contributed by atoms with Crippen LogP contribution in [0.5, 0.6) is 0 Å². The van der Waals surface area contributed by atoms with Gasteiger partial charge in [-0.15, -0.1) is 0 Å². The molecule has 0 spiro atoms. The van der Waals surface area contributed by atoms with Crippen molar-refractivity contribution in [2.75, 3.05) is 30.9 Å². The minimum absolute atomic E-state index is 0.134. The van der Waals surface area contributed by atoms with Crippen molar-refractivity contribution in [3.05, 3.63) is 47.8 Å². The Balaban J connectivity index is 1.44. The molecule has 1 saturated carbocycles. The van der Waals surface area contributed by atoms with Gasteiger partial charge >= 0.3 is 0 Å². The van der Waals surface area contributed by atoms with Gasteiger partial charge in [0.25, 0.3) is 5.91 Å². The van der Waals surface area contributed by atoms with Crippen molar-refractivity contribution >= 4 is 17.5 Å². The summed E-state index contributed by atoms with van der Waals surface area (Å²) in [6.07, 6.45) is 5.46. The zero-order valence-electron chi connectivity index (χ0n) is 16.1. The van der Waals surface area contributed by atoms with E-state index >= 15 is 0 Å². The van der Waals surface area contributed by atoms with Crippen molar-refractivity contribution in [2.45, 2.75) is 31.7 Å². The Bertz CT molecular complexity index is 822. The minimum atomic E-state index is -1.01. The molecule has 0 saturated heterocycles. The molecule has 1 amide bonds. The number of amides is 1. The third kappa shape index (κ3) is 5.15. The molecule has 6 nitrogen and oxygen atoms in total. The van der Waals surface area contributed by atoms with Gasteiger partial charge < -0.3 is 15.5 Å². The van der Waals surface area contributed by atoms with Gasteiger partial charge in [0.1, 0.15) is 18.0 Å². The summed E-state index contributed by atoms with van der Waals surface area (Å²) in [7, 11) is 3.87. The van der Waals surface area contributed by atoms with Crippen molar-refractivity contribution in [3.63, 3.8) is 0 Å². The molecule has 8 heteroatoms. The molecule has 150 valence electrons. The number of hydrogen-bond acceptors (Lipinski definition) is 5. The van der Waals surface area contributed by atoms with E-state index in [9.17, 15) is 13.6 Å². The maximum atomic E-state index is 13.3. The SMILES string of the molecule is CN(C)c1cc(NC2CCC(CNC(=O)c3ccc(F)c(F)c3)CC2)ncn1. The van der Waals surface area contributed by atoms with Crippen LogP contribution in [0.1, 0.15) is 36.0 Å². The van der Waals surface area contributed by atoms with Crippen LogP contribution in [-0.2, 0) is 0 Å². The number of carbonyl (C=O) groups excluding carboxylic acids is 1. The van der Waals surface area contributed by atoms with Crippen LogP contribution in [-0.4, -0.2) is 42.6 Å². The Hall–Kier alpha value is -2.77. The molecular formula is C20H25F2N5O. The smallest absolute Gasteiger partial charge is 0.251 e. The van der Waals surface area contributed by atoms with Crippen LogP contribution in [0.25, 0.3) is 0 Å². The second kappa shape index (κ2) is 8.95. The van der Waals surface area contributed by atoms with Gasteiger partial charge in [0.2, 0.25) is 0 Å². The van der Waals surface area contributed by atoms with Crippen LogP contribution < -0.4 is 15.5 Å². The summed E-state index contributed by atoms with van der Waals surface area (Å²) < 4.78 is 26.2. The molecule has 2 aromatic rings. The molecule has 0 bridgehead atoms. The standard InChI is InChI=1S/C20H25F2N5O/c1-27(2)19-10-18(24-12-25-19)26-15-6-3-13(4-7-15)11-23-20(28)14-5-8-16(21)17(22)9-14/h5,8-10,12-13,15H,3-4,6-7,11H2,1-2H3,(H,23,28)(H,24,25,26). The van der Waals surface area contributed by atoms with Crippen molar-refractivity contribution in [1.29, 1.82) is 0 Å². The van der Waals surface area contributed by atoms with Gasteiger partial charge in [-0.05, 0) is 49.8 Å². The number of benzene rings is 1. The summed E-state index contributed by atoms with van der Waals surface area (Å²) in [5.74, 6) is -0.309. The highest BCUT2D eigenvalue weighted by Gasteiger charge is 2.22. The summed E-state index contributed by atoms with van der Waals surface area (Å²) in [5, 5.41) is 6.28. The average molecular weight is 389 g/mol. The number of carbonyl (C=O) groups is 1. The largest absolute Gasteiger partial charge is 0.367 e. The first kappa shape index (κ1) is 20.0. The fraction of sp³-hybridized carbons (Fsp3) is 0.450. The predicted molar refractivity (Wildman–Crippen MR) is 104 cm³/mol. The Morgan fingerprint density at radius 1 is 1.11 bits per heavy atom. The zero-order valence-corrected chi connectivity index (χ0v) is 16.1. The van der Waals surface area contributed by atoms with E-state index in [4.69, 9.17) is 0 Å². The first-order valence-corrected chi connectivity index (χ1v) is 9.41. The van der Waals surface area contributed by atoms with Crippen LogP contribution >= 0.6 is 0 Å². The number of anilines is 2. The van der Waals surface area contributed by atoms with Crippen LogP contribution in [0, 0.1) is 17.6 Å². The number of nitrogens with zero attached hydrogens (tertiary/aromatic N) is 3. The molecule has 0 aliphatic heterocycles. The molecule has 3 rings (SSSR count). The molecule has 0 radical (unpaired) electrons. The summed E-state index contributed by atoms with van der Waals surface area (Å²) in [6, 6.07) is 5.44. The molecule has 1 aromatic carbocycles. The van der Waals surface area contributed by atoms with Crippen LogP contribution in [0.3, 0.4) is 0 Å². The van der Waals surface area contributed by atoms with E-state index in [1.807, 2.05) is 25.1 Å². The van der Waals surface area contributed by atoms with E-state index in [0.717, 1.165) is 49.5 Å². The van der Waals surface area contributed by atoms with Crippen molar-refractivity contribution in [1.82, 2.24) is 15.3 Å². The highest BCUT2D eigenvalue weighted by Crippen LogP contribution is 2.26. The lowest BCUT2D eigenvalue weighted by atomic mass is 9.86. The van der Waals surface area contributed by atoms with Crippen molar-refractivity contribution in [2.24, 2.45) is 5.92 Å². The fourth-order valence-electron chi connectivity index (χ4n) is 3.37. The second-order valence-electron chi connectivity index (χ2n) is 7.36. The van der Waals surface area contributed by atoms with Crippen molar-refractivity contribution in [3.8, 4) is 0 Å². The first-order chi connectivity index (χ1) is 13.4. The Labute approximate surface area is 163 Å². The van der Waals surface area contributed by atoms with E-state index in [0.29, 0.717) is 18.5 Å². The molecule has 0 atom stereocenters. The average Bonchev–Trinajstić information content (AvgIpc) is 2.69. The number of nitrogens with one attached hydrogen (secondary N) is 2. The lowest BCUT2D eigenvalue weighted by Gasteiger charge is -2.29. The molecular weight excluding hydrogens is 364 g/mol. The van der Waals surface area contributed by atoms with Crippen molar-refractivity contribution < 1.29 is 13.6 Å². The van der Waals surface area contributed by atoms with Crippen LogP contribution in [0.4, 0.5) is 20.4 Å².